The van der Waals surface area contributed by atoms with Crippen molar-refractivity contribution in [2.75, 3.05) is 30.3 Å². The molecule has 0 aromatic heterocycles. The van der Waals surface area contributed by atoms with E-state index in [1.807, 2.05) is 19.9 Å². The number of non-ortho nitro benzene ring substituents is 1. The van der Waals surface area contributed by atoms with Crippen LogP contribution in [0.4, 0.5) is 17.1 Å². The zero-order valence-electron chi connectivity index (χ0n) is 11.1. The van der Waals surface area contributed by atoms with Crippen molar-refractivity contribution >= 4 is 17.1 Å². The van der Waals surface area contributed by atoms with Crippen molar-refractivity contribution < 1.29 is 10.0 Å². The summed E-state index contributed by atoms with van der Waals surface area (Å²) in [5, 5.41) is 25.7. The van der Waals surface area contributed by atoms with Crippen LogP contribution in [0.3, 0.4) is 0 Å². The van der Waals surface area contributed by atoms with Gasteiger partial charge in [-0.1, -0.05) is 11.6 Å². The van der Waals surface area contributed by atoms with Gasteiger partial charge in [0.1, 0.15) is 0 Å². The van der Waals surface area contributed by atoms with Gasteiger partial charge in [-0.25, -0.2) is 0 Å². The van der Waals surface area contributed by atoms with Gasteiger partial charge in [-0.2, -0.15) is 0 Å². The van der Waals surface area contributed by atoms with Gasteiger partial charge in [-0.3, -0.25) is 10.1 Å². The Morgan fingerprint density at radius 2 is 2.11 bits per heavy atom. The van der Waals surface area contributed by atoms with Crippen LogP contribution in [0.25, 0.3) is 0 Å². The first kappa shape index (κ1) is 15.0. The van der Waals surface area contributed by atoms with Crippen LogP contribution in [0, 0.1) is 10.1 Å². The number of nitrogens with one attached hydrogen (secondary N) is 2. The summed E-state index contributed by atoms with van der Waals surface area (Å²) >= 11 is 0. The zero-order chi connectivity index (χ0) is 14.3. The molecule has 6 nitrogen and oxygen atoms in total. The van der Waals surface area contributed by atoms with Gasteiger partial charge in [0.25, 0.3) is 5.69 Å². The molecule has 0 radical (unpaired) electrons. The van der Waals surface area contributed by atoms with Crippen LogP contribution in [-0.4, -0.2) is 29.7 Å². The first-order valence-corrected chi connectivity index (χ1v) is 6.05. The molecular formula is C13H19N3O3. The lowest BCUT2D eigenvalue weighted by Crippen LogP contribution is -2.09. The molecule has 0 fully saturated rings. The Balaban J connectivity index is 2.90. The fraction of sp³-hybridized carbons (Fsp3) is 0.385. The Morgan fingerprint density at radius 1 is 1.37 bits per heavy atom. The SMILES string of the molecule is CC(C)=CCNc1cc([N+](=O)[O-])ccc1NCCO. The number of allylic oxidation sites excluding steroid dienone is 1. The number of anilines is 2. The third-order valence-electron chi connectivity index (χ3n) is 2.44. The molecule has 0 heterocycles. The molecule has 1 aromatic rings. The average molecular weight is 265 g/mol. The molecule has 0 bridgehead atoms. The minimum Gasteiger partial charge on any atom is -0.395 e. The largest absolute Gasteiger partial charge is 0.395 e. The second kappa shape index (κ2) is 7.38. The van der Waals surface area contributed by atoms with E-state index in [2.05, 4.69) is 10.6 Å². The normalized spacial score (nSPS) is 9.84. The Bertz CT molecular complexity index is 468. The maximum absolute atomic E-state index is 10.8. The van der Waals surface area contributed by atoms with E-state index in [4.69, 9.17) is 5.11 Å². The van der Waals surface area contributed by atoms with E-state index in [1.54, 1.807) is 6.07 Å². The lowest BCUT2D eigenvalue weighted by atomic mass is 10.2. The van der Waals surface area contributed by atoms with Gasteiger partial charge in [0, 0.05) is 25.2 Å². The molecule has 0 atom stereocenters. The Kier molecular flexibility index (Phi) is 5.81. The standard InChI is InChI=1S/C13H19N3O3/c1-10(2)5-6-14-13-9-11(16(18)19)3-4-12(13)15-7-8-17/h3-5,9,14-15,17H,6-8H2,1-2H3. The molecule has 0 unspecified atom stereocenters. The molecule has 0 amide bonds. The van der Waals surface area contributed by atoms with Crippen molar-refractivity contribution in [1.29, 1.82) is 0 Å². The summed E-state index contributed by atoms with van der Waals surface area (Å²) in [5.74, 6) is 0. The molecule has 0 saturated heterocycles. The molecule has 1 aromatic carbocycles. The number of nitrogens with zero attached hydrogens (tertiary/aromatic N) is 1. The summed E-state index contributed by atoms with van der Waals surface area (Å²) in [5.41, 5.74) is 2.60. The van der Waals surface area contributed by atoms with Gasteiger partial charge in [-0.15, -0.1) is 0 Å². The third-order valence-corrected chi connectivity index (χ3v) is 2.44. The van der Waals surface area contributed by atoms with Crippen molar-refractivity contribution in [2.45, 2.75) is 13.8 Å². The van der Waals surface area contributed by atoms with Crippen molar-refractivity contribution in [3.05, 3.63) is 40.0 Å². The van der Waals surface area contributed by atoms with Crippen molar-refractivity contribution in [3.8, 4) is 0 Å². The van der Waals surface area contributed by atoms with E-state index in [0.29, 0.717) is 18.8 Å². The van der Waals surface area contributed by atoms with Crippen LogP contribution in [-0.2, 0) is 0 Å². The number of hydrogen-bond donors (Lipinski definition) is 3. The highest BCUT2D eigenvalue weighted by Gasteiger charge is 2.09. The van der Waals surface area contributed by atoms with Crippen LogP contribution >= 0.6 is 0 Å². The smallest absolute Gasteiger partial charge is 0.271 e. The molecule has 3 N–H and O–H groups in total. The quantitative estimate of drug-likeness (QED) is 0.400. The monoisotopic (exact) mass is 265 g/mol. The molecule has 104 valence electrons. The fourth-order valence-corrected chi connectivity index (χ4v) is 1.50. The summed E-state index contributed by atoms with van der Waals surface area (Å²) in [4.78, 5) is 10.3. The minimum atomic E-state index is -0.429. The molecule has 6 heteroatoms. The highest BCUT2D eigenvalue weighted by Crippen LogP contribution is 2.26. The van der Waals surface area contributed by atoms with Gasteiger partial charge in [0.05, 0.1) is 22.9 Å². The van der Waals surface area contributed by atoms with Gasteiger partial charge in [0.15, 0.2) is 0 Å². The second-order valence-electron chi connectivity index (χ2n) is 4.30. The average Bonchev–Trinajstić information content (AvgIpc) is 2.36. The lowest BCUT2D eigenvalue weighted by Gasteiger charge is -2.12. The predicted molar refractivity (Wildman–Crippen MR) is 76.6 cm³/mol. The highest BCUT2D eigenvalue weighted by atomic mass is 16.6. The summed E-state index contributed by atoms with van der Waals surface area (Å²) in [6.07, 6.45) is 1.99. The molecule has 0 saturated carbocycles. The number of aliphatic hydroxyl groups excluding tert-OH is 1. The second-order valence-corrected chi connectivity index (χ2v) is 4.30. The summed E-state index contributed by atoms with van der Waals surface area (Å²) in [6, 6.07) is 4.56. The number of aliphatic hydroxyl groups is 1. The van der Waals surface area contributed by atoms with Crippen LogP contribution in [0.2, 0.25) is 0 Å². The van der Waals surface area contributed by atoms with Crippen LogP contribution in [0.15, 0.2) is 29.8 Å². The zero-order valence-corrected chi connectivity index (χ0v) is 11.1. The van der Waals surface area contributed by atoms with E-state index in [0.717, 1.165) is 5.69 Å². The van der Waals surface area contributed by atoms with E-state index in [-0.39, 0.29) is 12.3 Å². The summed E-state index contributed by atoms with van der Waals surface area (Å²) < 4.78 is 0. The van der Waals surface area contributed by atoms with Crippen molar-refractivity contribution in [1.82, 2.24) is 0 Å². The van der Waals surface area contributed by atoms with E-state index < -0.39 is 4.92 Å². The van der Waals surface area contributed by atoms with Crippen LogP contribution in [0.1, 0.15) is 13.8 Å². The van der Waals surface area contributed by atoms with Crippen LogP contribution < -0.4 is 10.6 Å². The van der Waals surface area contributed by atoms with E-state index in [1.165, 1.54) is 17.7 Å². The number of rotatable bonds is 7. The van der Waals surface area contributed by atoms with Crippen molar-refractivity contribution in [3.63, 3.8) is 0 Å². The maximum atomic E-state index is 10.8. The van der Waals surface area contributed by atoms with E-state index in [9.17, 15) is 10.1 Å². The molecular weight excluding hydrogens is 246 g/mol. The first-order chi connectivity index (χ1) is 9.04. The molecule has 0 spiro atoms. The van der Waals surface area contributed by atoms with Gasteiger partial charge >= 0.3 is 0 Å². The minimum absolute atomic E-state index is 0.00436. The molecule has 0 aliphatic rings. The number of benzene rings is 1. The Hall–Kier alpha value is -2.08. The molecule has 0 aliphatic heterocycles. The Morgan fingerprint density at radius 3 is 2.68 bits per heavy atom. The first-order valence-electron chi connectivity index (χ1n) is 6.05. The van der Waals surface area contributed by atoms with Crippen molar-refractivity contribution in [2.24, 2.45) is 0 Å². The highest BCUT2D eigenvalue weighted by molar-refractivity contribution is 5.72. The van der Waals surface area contributed by atoms with Gasteiger partial charge < -0.3 is 15.7 Å². The number of nitro benzene ring substituents is 1. The fourth-order valence-electron chi connectivity index (χ4n) is 1.50. The van der Waals surface area contributed by atoms with Crippen LogP contribution in [0.5, 0.6) is 0 Å². The molecule has 0 aliphatic carbocycles. The molecule has 1 rings (SSSR count). The van der Waals surface area contributed by atoms with Gasteiger partial charge in [0.2, 0.25) is 0 Å². The Labute approximate surface area is 112 Å². The maximum Gasteiger partial charge on any atom is 0.271 e. The number of nitro groups is 1. The van der Waals surface area contributed by atoms with E-state index >= 15 is 0 Å². The lowest BCUT2D eigenvalue weighted by molar-refractivity contribution is -0.384. The summed E-state index contributed by atoms with van der Waals surface area (Å²) in [7, 11) is 0. The van der Waals surface area contributed by atoms with Gasteiger partial charge in [-0.05, 0) is 19.9 Å². The predicted octanol–water partition coefficient (Wildman–Crippen LogP) is 2.38. The topological polar surface area (TPSA) is 87.4 Å². The third kappa shape index (κ3) is 4.97. The molecule has 19 heavy (non-hydrogen) atoms. The summed E-state index contributed by atoms with van der Waals surface area (Å²) in [6.45, 7) is 4.97. The number of hydrogen-bond acceptors (Lipinski definition) is 5.